The van der Waals surface area contributed by atoms with Gasteiger partial charge in [0.1, 0.15) is 0 Å². The molecule has 3 heterocycles. The average molecular weight is 459 g/mol. The van der Waals surface area contributed by atoms with Crippen molar-refractivity contribution in [2.75, 3.05) is 13.7 Å². The molecule has 10 heteroatoms. The van der Waals surface area contributed by atoms with Crippen LogP contribution in [0.3, 0.4) is 0 Å². The van der Waals surface area contributed by atoms with E-state index in [2.05, 4.69) is 17.1 Å². The Kier molecular flexibility index (Phi) is 7.21. The SMILES string of the molecule is CCCCc1noc(CSc2nc3cc(C(=O)OC)ccc3c(=O)n2CC2CCCO2)n1. The Balaban J connectivity index is 1.65. The first-order valence-corrected chi connectivity index (χ1v) is 11.8. The Bertz CT molecular complexity index is 1150. The van der Waals surface area contributed by atoms with Crippen LogP contribution >= 0.6 is 11.8 Å². The Labute approximate surface area is 189 Å². The van der Waals surface area contributed by atoms with Crippen LogP contribution in [0, 0.1) is 0 Å². The maximum absolute atomic E-state index is 13.3. The van der Waals surface area contributed by atoms with Gasteiger partial charge in [0.25, 0.3) is 5.56 Å². The lowest BCUT2D eigenvalue weighted by Crippen LogP contribution is -2.29. The summed E-state index contributed by atoms with van der Waals surface area (Å²) >= 11 is 1.35. The summed E-state index contributed by atoms with van der Waals surface area (Å²) in [6.45, 7) is 3.24. The minimum absolute atomic E-state index is 0.0234. The number of fused-ring (bicyclic) bond motifs is 1. The molecule has 1 unspecified atom stereocenters. The largest absolute Gasteiger partial charge is 0.465 e. The van der Waals surface area contributed by atoms with Crippen LogP contribution < -0.4 is 5.56 Å². The molecule has 0 N–H and O–H groups in total. The van der Waals surface area contributed by atoms with Gasteiger partial charge in [-0.1, -0.05) is 30.3 Å². The van der Waals surface area contributed by atoms with Crippen LogP contribution in [0.25, 0.3) is 10.9 Å². The van der Waals surface area contributed by atoms with Crippen molar-refractivity contribution in [3.63, 3.8) is 0 Å². The van der Waals surface area contributed by atoms with Gasteiger partial charge in [-0.15, -0.1) is 0 Å². The Morgan fingerprint density at radius 1 is 1.34 bits per heavy atom. The van der Waals surface area contributed by atoms with E-state index in [9.17, 15) is 9.59 Å². The number of carbonyl (C=O) groups is 1. The standard InChI is InChI=1S/C22H26N4O5S/c1-3-4-7-18-24-19(31-25-18)13-32-22-23-17-11-14(21(28)29-2)8-9-16(17)20(27)26(22)12-15-6-5-10-30-15/h8-9,11,15H,3-7,10,12-13H2,1-2H3. The number of aryl methyl sites for hydroxylation is 1. The molecule has 0 radical (unpaired) electrons. The summed E-state index contributed by atoms with van der Waals surface area (Å²) in [6.07, 6.45) is 4.70. The minimum Gasteiger partial charge on any atom is -0.465 e. The van der Waals surface area contributed by atoms with Gasteiger partial charge in [-0.05, 0) is 37.5 Å². The molecule has 1 saturated heterocycles. The zero-order valence-corrected chi connectivity index (χ0v) is 19.0. The fourth-order valence-corrected chi connectivity index (χ4v) is 4.47. The number of methoxy groups -OCH3 is 1. The summed E-state index contributed by atoms with van der Waals surface area (Å²) in [5.41, 5.74) is 0.619. The van der Waals surface area contributed by atoms with Crippen LogP contribution in [-0.2, 0) is 28.2 Å². The normalized spacial score (nSPS) is 16.0. The summed E-state index contributed by atoms with van der Waals surface area (Å²) in [6, 6.07) is 4.78. The van der Waals surface area contributed by atoms with Crippen LogP contribution in [-0.4, -0.2) is 45.5 Å². The number of nitrogens with zero attached hydrogens (tertiary/aromatic N) is 4. The lowest BCUT2D eigenvalue weighted by molar-refractivity contribution is 0.0601. The Hall–Kier alpha value is -2.72. The Morgan fingerprint density at radius 2 is 2.22 bits per heavy atom. The second-order valence-electron chi connectivity index (χ2n) is 7.67. The molecule has 1 atom stereocenters. The second kappa shape index (κ2) is 10.3. The van der Waals surface area contributed by atoms with E-state index in [4.69, 9.17) is 19.0 Å². The number of rotatable bonds is 9. The molecule has 1 aliphatic rings. The number of benzene rings is 1. The van der Waals surface area contributed by atoms with Gasteiger partial charge in [-0.2, -0.15) is 4.98 Å². The summed E-state index contributed by atoms with van der Waals surface area (Å²) in [7, 11) is 1.32. The quantitative estimate of drug-likeness (QED) is 0.271. The van der Waals surface area contributed by atoms with Crippen LogP contribution in [0.15, 0.2) is 32.7 Å². The van der Waals surface area contributed by atoms with Crippen molar-refractivity contribution < 1.29 is 18.8 Å². The second-order valence-corrected chi connectivity index (χ2v) is 8.61. The lowest BCUT2D eigenvalue weighted by atomic mass is 10.1. The first kappa shape index (κ1) is 22.5. The van der Waals surface area contributed by atoms with Gasteiger partial charge < -0.3 is 14.0 Å². The van der Waals surface area contributed by atoms with Crippen molar-refractivity contribution in [2.45, 2.75) is 62.6 Å². The van der Waals surface area contributed by atoms with Gasteiger partial charge in [-0.25, -0.2) is 9.78 Å². The third-order valence-corrected chi connectivity index (χ3v) is 6.30. The van der Waals surface area contributed by atoms with Crippen LogP contribution in [0.4, 0.5) is 0 Å². The zero-order valence-electron chi connectivity index (χ0n) is 18.2. The highest BCUT2D eigenvalue weighted by molar-refractivity contribution is 7.98. The molecule has 3 aromatic rings. The number of thioether (sulfide) groups is 1. The van der Waals surface area contributed by atoms with Crippen molar-refractivity contribution in [3.05, 3.63) is 45.8 Å². The molecular formula is C22H26N4O5S. The number of carbonyl (C=O) groups excluding carboxylic acids is 1. The molecule has 0 spiro atoms. The molecule has 0 aliphatic carbocycles. The van der Waals surface area contributed by atoms with Crippen molar-refractivity contribution >= 4 is 28.6 Å². The maximum Gasteiger partial charge on any atom is 0.337 e. The Morgan fingerprint density at radius 3 is 2.97 bits per heavy atom. The first-order valence-electron chi connectivity index (χ1n) is 10.8. The molecule has 0 amide bonds. The highest BCUT2D eigenvalue weighted by Crippen LogP contribution is 2.24. The smallest absolute Gasteiger partial charge is 0.337 e. The summed E-state index contributed by atoms with van der Waals surface area (Å²) in [4.78, 5) is 34.4. The van der Waals surface area contributed by atoms with Gasteiger partial charge in [0, 0.05) is 13.0 Å². The molecule has 1 aromatic carbocycles. The molecule has 32 heavy (non-hydrogen) atoms. The number of hydrogen-bond donors (Lipinski definition) is 0. The summed E-state index contributed by atoms with van der Waals surface area (Å²) in [5.74, 6) is 1.09. The number of esters is 1. The van der Waals surface area contributed by atoms with Crippen molar-refractivity contribution in [1.29, 1.82) is 0 Å². The third kappa shape index (κ3) is 5.02. The van der Waals surface area contributed by atoms with E-state index in [-0.39, 0.29) is 11.7 Å². The molecule has 4 rings (SSSR count). The lowest BCUT2D eigenvalue weighted by Gasteiger charge is -2.16. The molecule has 9 nitrogen and oxygen atoms in total. The van der Waals surface area contributed by atoms with Crippen molar-refractivity contribution in [3.8, 4) is 0 Å². The monoisotopic (exact) mass is 458 g/mol. The van der Waals surface area contributed by atoms with Crippen molar-refractivity contribution in [2.24, 2.45) is 0 Å². The first-order chi connectivity index (χ1) is 15.6. The minimum atomic E-state index is -0.475. The number of ether oxygens (including phenoxy) is 2. The van der Waals surface area contributed by atoms with Gasteiger partial charge in [-0.3, -0.25) is 9.36 Å². The number of aromatic nitrogens is 4. The topological polar surface area (TPSA) is 109 Å². The molecule has 1 fully saturated rings. The summed E-state index contributed by atoms with van der Waals surface area (Å²) < 4.78 is 17.5. The third-order valence-electron chi connectivity index (χ3n) is 5.34. The fourth-order valence-electron chi connectivity index (χ4n) is 3.62. The number of unbranched alkanes of at least 4 members (excludes halogenated alkanes) is 1. The molecule has 170 valence electrons. The van der Waals surface area contributed by atoms with Gasteiger partial charge in [0.15, 0.2) is 11.0 Å². The molecular weight excluding hydrogens is 432 g/mol. The van der Waals surface area contributed by atoms with Crippen LogP contribution in [0.5, 0.6) is 0 Å². The molecule has 1 aliphatic heterocycles. The highest BCUT2D eigenvalue weighted by Gasteiger charge is 2.21. The van der Waals surface area contributed by atoms with E-state index < -0.39 is 5.97 Å². The zero-order chi connectivity index (χ0) is 22.5. The summed E-state index contributed by atoms with van der Waals surface area (Å²) in [5, 5.41) is 4.99. The predicted molar refractivity (Wildman–Crippen MR) is 119 cm³/mol. The highest BCUT2D eigenvalue weighted by atomic mass is 32.2. The van der Waals surface area contributed by atoms with Gasteiger partial charge >= 0.3 is 5.97 Å². The average Bonchev–Trinajstić information content (AvgIpc) is 3.49. The molecule has 2 aromatic heterocycles. The van der Waals surface area contributed by atoms with Crippen LogP contribution in [0.2, 0.25) is 0 Å². The van der Waals surface area contributed by atoms with E-state index >= 15 is 0 Å². The van der Waals surface area contributed by atoms with E-state index in [1.54, 1.807) is 22.8 Å². The van der Waals surface area contributed by atoms with Gasteiger partial charge in [0.2, 0.25) is 5.89 Å². The van der Waals surface area contributed by atoms with Gasteiger partial charge in [0.05, 0.1) is 42.0 Å². The maximum atomic E-state index is 13.3. The predicted octanol–water partition coefficient (Wildman–Crippen LogP) is 3.38. The fraction of sp³-hybridized carbons (Fsp3) is 0.500. The van der Waals surface area contributed by atoms with E-state index in [1.807, 2.05) is 0 Å². The van der Waals surface area contributed by atoms with E-state index in [0.717, 1.165) is 32.1 Å². The van der Waals surface area contributed by atoms with E-state index in [1.165, 1.54) is 18.9 Å². The van der Waals surface area contributed by atoms with E-state index in [0.29, 0.717) is 52.2 Å². The van der Waals surface area contributed by atoms with Crippen LogP contribution in [0.1, 0.15) is 54.7 Å². The molecule has 0 bridgehead atoms. The van der Waals surface area contributed by atoms with Crippen molar-refractivity contribution in [1.82, 2.24) is 19.7 Å². The number of hydrogen-bond acceptors (Lipinski definition) is 9. The molecule has 0 saturated carbocycles.